The van der Waals surface area contributed by atoms with Crippen molar-refractivity contribution in [3.63, 3.8) is 0 Å². The first-order valence-corrected chi connectivity index (χ1v) is 8.57. The van der Waals surface area contributed by atoms with Crippen molar-refractivity contribution in [3.05, 3.63) is 60.1 Å². The minimum absolute atomic E-state index is 0.652. The van der Waals surface area contributed by atoms with Crippen molar-refractivity contribution >= 4 is 33.3 Å². The fourth-order valence-electron chi connectivity index (χ4n) is 2.11. The molecule has 108 valence electrons. The molecule has 0 radical (unpaired) electrons. The largest absolute Gasteiger partial charge is 0.444 e. The summed E-state index contributed by atoms with van der Waals surface area (Å²) in [6, 6.07) is 12.0. The lowest BCUT2D eigenvalue weighted by molar-refractivity contribution is 0.573. The summed E-state index contributed by atoms with van der Waals surface area (Å²) in [5.41, 5.74) is 1.90. The summed E-state index contributed by atoms with van der Waals surface area (Å²) in [5, 5.41) is 4.12. The molecule has 3 aromatic heterocycles. The molecule has 0 bridgehead atoms. The Morgan fingerprint density at radius 3 is 2.91 bits per heavy atom. The van der Waals surface area contributed by atoms with Crippen LogP contribution in [0.4, 0.5) is 0 Å². The van der Waals surface area contributed by atoms with Gasteiger partial charge in [-0.25, -0.2) is 15.0 Å². The molecule has 0 aliphatic carbocycles. The second-order valence-electron chi connectivity index (χ2n) is 4.62. The third kappa shape index (κ3) is 2.63. The van der Waals surface area contributed by atoms with Crippen molar-refractivity contribution in [2.24, 2.45) is 0 Å². The second-order valence-corrected chi connectivity index (χ2v) is 6.48. The average molecular weight is 325 g/mol. The summed E-state index contributed by atoms with van der Waals surface area (Å²) in [4.78, 5) is 14.2. The van der Waals surface area contributed by atoms with E-state index in [1.54, 1.807) is 35.7 Å². The zero-order valence-electron chi connectivity index (χ0n) is 11.5. The van der Waals surface area contributed by atoms with Crippen LogP contribution in [-0.4, -0.2) is 15.0 Å². The average Bonchev–Trinajstić information content (AvgIpc) is 3.23. The normalized spacial score (nSPS) is 11.1. The predicted molar refractivity (Wildman–Crippen MR) is 88.9 cm³/mol. The Hall–Kier alpha value is -2.18. The molecule has 1 aromatic carbocycles. The standard InChI is InChI=1S/C16H11N3OS2/c1-2-4-11(5-3-1)14-19-12(8-20-14)9-22-16-13-6-7-21-15(13)17-10-18-16/h1-8,10H,9H2. The van der Waals surface area contributed by atoms with Gasteiger partial charge in [-0.3, -0.25) is 0 Å². The molecule has 0 atom stereocenters. The number of rotatable bonds is 4. The molecule has 0 aliphatic heterocycles. The number of fused-ring (bicyclic) bond motifs is 1. The van der Waals surface area contributed by atoms with Gasteiger partial charge in [0.15, 0.2) is 0 Å². The summed E-state index contributed by atoms with van der Waals surface area (Å²) in [6.45, 7) is 0. The Balaban J connectivity index is 1.53. The van der Waals surface area contributed by atoms with E-state index in [1.807, 2.05) is 35.7 Å². The number of hydrogen-bond donors (Lipinski definition) is 0. The van der Waals surface area contributed by atoms with Crippen LogP contribution in [0.25, 0.3) is 21.7 Å². The number of oxazole rings is 1. The number of benzene rings is 1. The van der Waals surface area contributed by atoms with E-state index >= 15 is 0 Å². The van der Waals surface area contributed by atoms with Gasteiger partial charge >= 0.3 is 0 Å². The van der Waals surface area contributed by atoms with Crippen LogP contribution in [0.15, 0.2) is 63.8 Å². The van der Waals surface area contributed by atoms with Crippen LogP contribution >= 0.6 is 23.1 Å². The Kier molecular flexibility index (Phi) is 3.62. The fraction of sp³-hybridized carbons (Fsp3) is 0.0625. The van der Waals surface area contributed by atoms with Gasteiger partial charge in [0, 0.05) is 16.7 Å². The summed E-state index contributed by atoms with van der Waals surface area (Å²) in [6.07, 6.45) is 3.32. The molecule has 22 heavy (non-hydrogen) atoms. The highest BCUT2D eigenvalue weighted by Gasteiger charge is 2.09. The topological polar surface area (TPSA) is 51.8 Å². The molecule has 0 amide bonds. The van der Waals surface area contributed by atoms with Crippen molar-refractivity contribution in [3.8, 4) is 11.5 Å². The van der Waals surface area contributed by atoms with Gasteiger partial charge in [0.25, 0.3) is 0 Å². The highest BCUT2D eigenvalue weighted by molar-refractivity contribution is 7.98. The zero-order valence-corrected chi connectivity index (χ0v) is 13.1. The lowest BCUT2D eigenvalue weighted by Crippen LogP contribution is -1.86. The first-order valence-electron chi connectivity index (χ1n) is 6.71. The van der Waals surface area contributed by atoms with Crippen LogP contribution in [0.5, 0.6) is 0 Å². The molecule has 0 spiro atoms. The van der Waals surface area contributed by atoms with Crippen LogP contribution in [-0.2, 0) is 5.75 Å². The van der Waals surface area contributed by atoms with Crippen LogP contribution < -0.4 is 0 Å². The van der Waals surface area contributed by atoms with E-state index in [0.29, 0.717) is 5.89 Å². The highest BCUT2D eigenvalue weighted by Crippen LogP contribution is 2.30. The summed E-state index contributed by atoms with van der Waals surface area (Å²) >= 11 is 3.28. The quantitative estimate of drug-likeness (QED) is 0.404. The van der Waals surface area contributed by atoms with E-state index in [9.17, 15) is 0 Å². The zero-order chi connectivity index (χ0) is 14.8. The molecule has 0 N–H and O–H groups in total. The van der Waals surface area contributed by atoms with Crippen molar-refractivity contribution < 1.29 is 4.42 Å². The number of thiophene rings is 1. The maximum Gasteiger partial charge on any atom is 0.226 e. The lowest BCUT2D eigenvalue weighted by Gasteiger charge is -1.99. The third-order valence-corrected chi connectivity index (χ3v) is 5.01. The van der Waals surface area contributed by atoms with Gasteiger partial charge in [0.05, 0.1) is 5.69 Å². The molecule has 3 heterocycles. The Labute approximate surface area is 135 Å². The number of thioether (sulfide) groups is 1. The van der Waals surface area contributed by atoms with Gasteiger partial charge in [-0.15, -0.1) is 11.3 Å². The van der Waals surface area contributed by atoms with Crippen molar-refractivity contribution in [2.45, 2.75) is 10.8 Å². The molecule has 0 saturated heterocycles. The maximum absolute atomic E-state index is 5.56. The van der Waals surface area contributed by atoms with E-state index in [-0.39, 0.29) is 0 Å². The molecule has 0 fully saturated rings. The Morgan fingerprint density at radius 2 is 2.00 bits per heavy atom. The van der Waals surface area contributed by atoms with Crippen LogP contribution in [0.3, 0.4) is 0 Å². The van der Waals surface area contributed by atoms with E-state index in [4.69, 9.17) is 4.42 Å². The molecule has 6 heteroatoms. The number of hydrogen-bond acceptors (Lipinski definition) is 6. The van der Waals surface area contributed by atoms with E-state index in [2.05, 4.69) is 21.0 Å². The van der Waals surface area contributed by atoms with Crippen molar-refractivity contribution in [2.75, 3.05) is 0 Å². The van der Waals surface area contributed by atoms with Crippen LogP contribution in [0.1, 0.15) is 5.69 Å². The molecule has 0 unspecified atom stereocenters. The van der Waals surface area contributed by atoms with Crippen molar-refractivity contribution in [1.29, 1.82) is 0 Å². The minimum atomic E-state index is 0.652. The minimum Gasteiger partial charge on any atom is -0.444 e. The molecule has 4 aromatic rings. The predicted octanol–water partition coefficient (Wildman–Crippen LogP) is 4.64. The van der Waals surface area contributed by atoms with Gasteiger partial charge in [0.2, 0.25) is 5.89 Å². The van der Waals surface area contributed by atoms with Gasteiger partial charge in [0.1, 0.15) is 22.4 Å². The maximum atomic E-state index is 5.56. The molecule has 4 nitrogen and oxygen atoms in total. The molecular weight excluding hydrogens is 314 g/mol. The fourth-order valence-corrected chi connectivity index (χ4v) is 3.77. The molecule has 0 aliphatic rings. The van der Waals surface area contributed by atoms with Gasteiger partial charge in [-0.05, 0) is 23.6 Å². The van der Waals surface area contributed by atoms with E-state index in [0.717, 1.165) is 32.3 Å². The van der Waals surface area contributed by atoms with E-state index < -0.39 is 0 Å². The Morgan fingerprint density at radius 1 is 1.09 bits per heavy atom. The second kappa shape index (κ2) is 5.90. The number of aromatic nitrogens is 3. The highest BCUT2D eigenvalue weighted by atomic mass is 32.2. The molecule has 4 rings (SSSR count). The summed E-state index contributed by atoms with van der Waals surface area (Å²) in [5.74, 6) is 1.37. The smallest absolute Gasteiger partial charge is 0.226 e. The van der Waals surface area contributed by atoms with Crippen LogP contribution in [0, 0.1) is 0 Å². The van der Waals surface area contributed by atoms with Gasteiger partial charge < -0.3 is 4.42 Å². The van der Waals surface area contributed by atoms with Crippen molar-refractivity contribution in [1.82, 2.24) is 15.0 Å². The summed E-state index contributed by atoms with van der Waals surface area (Å²) < 4.78 is 5.56. The molecule has 0 saturated carbocycles. The summed E-state index contributed by atoms with van der Waals surface area (Å²) in [7, 11) is 0. The van der Waals surface area contributed by atoms with Crippen LogP contribution in [0.2, 0.25) is 0 Å². The monoisotopic (exact) mass is 325 g/mol. The lowest BCUT2D eigenvalue weighted by atomic mass is 10.2. The molecular formula is C16H11N3OS2. The van der Waals surface area contributed by atoms with Gasteiger partial charge in [-0.2, -0.15) is 0 Å². The SMILES string of the molecule is c1ccc(-c2nc(CSc3ncnc4sccc34)co2)cc1. The third-order valence-electron chi connectivity index (χ3n) is 3.15. The first-order chi connectivity index (χ1) is 10.9. The number of nitrogens with zero attached hydrogens (tertiary/aromatic N) is 3. The van der Waals surface area contributed by atoms with Gasteiger partial charge in [-0.1, -0.05) is 30.0 Å². The van der Waals surface area contributed by atoms with E-state index in [1.165, 1.54) is 0 Å². The first kappa shape index (κ1) is 13.5. The Bertz CT molecular complexity index is 902.